The third-order valence-electron chi connectivity index (χ3n) is 3.59. The number of oxazole rings is 1. The lowest BCUT2D eigenvalue weighted by Gasteiger charge is -2.00. The summed E-state index contributed by atoms with van der Waals surface area (Å²) in [5.41, 5.74) is 1.41. The highest BCUT2D eigenvalue weighted by Gasteiger charge is 2.22. The number of thiazole rings is 1. The van der Waals surface area contributed by atoms with Gasteiger partial charge in [0, 0.05) is 0 Å². The third kappa shape index (κ3) is 3.38. The van der Waals surface area contributed by atoms with E-state index in [1.54, 1.807) is 13.0 Å². The minimum atomic E-state index is -0.347. The van der Waals surface area contributed by atoms with Crippen LogP contribution in [0.15, 0.2) is 40.8 Å². The molecule has 3 heterocycles. The van der Waals surface area contributed by atoms with Crippen LogP contribution in [0.3, 0.4) is 0 Å². The van der Waals surface area contributed by atoms with E-state index < -0.39 is 0 Å². The summed E-state index contributed by atoms with van der Waals surface area (Å²) in [5, 5.41) is 0.671. The summed E-state index contributed by atoms with van der Waals surface area (Å²) in [6.07, 6.45) is 0.0348. The zero-order valence-electron chi connectivity index (χ0n) is 13.7. The molecule has 0 aliphatic carbocycles. The van der Waals surface area contributed by atoms with Crippen molar-refractivity contribution in [1.82, 2.24) is 9.97 Å². The molecule has 8 heteroatoms. The predicted molar refractivity (Wildman–Crippen MR) is 104 cm³/mol. The normalized spacial score (nSPS) is 11.2. The molecule has 0 amide bonds. The minimum Gasteiger partial charge on any atom is -0.466 e. The molecule has 0 aliphatic rings. The molecule has 0 N–H and O–H groups in total. The molecule has 0 spiro atoms. The largest absolute Gasteiger partial charge is 0.466 e. The summed E-state index contributed by atoms with van der Waals surface area (Å²) in [5.74, 6) is 0.579. The molecule has 0 fully saturated rings. The molecule has 0 bridgehead atoms. The number of hydrogen-bond donors (Lipinski definition) is 0. The fourth-order valence-electron chi connectivity index (χ4n) is 2.50. The molecule has 4 aromatic rings. The average Bonchev–Trinajstić information content (AvgIpc) is 3.32. The van der Waals surface area contributed by atoms with Gasteiger partial charge in [0.05, 0.1) is 38.2 Å². The van der Waals surface area contributed by atoms with E-state index in [4.69, 9.17) is 20.8 Å². The van der Waals surface area contributed by atoms with Crippen LogP contribution in [-0.2, 0) is 16.0 Å². The standard InChI is InChI=1S/C18H13ClN2O3S2/c1-2-23-15(22)9-11-16(13-7-8-14(19)25-13)24-17(20-11)18-21-10-5-3-4-6-12(10)26-18/h3-8H,2,9H2,1H3. The molecular formula is C18H13ClN2O3S2. The van der Waals surface area contributed by atoms with Gasteiger partial charge in [0.15, 0.2) is 10.8 Å². The Morgan fingerprint density at radius 2 is 2.04 bits per heavy atom. The van der Waals surface area contributed by atoms with Crippen molar-refractivity contribution >= 4 is 50.5 Å². The number of fused-ring (bicyclic) bond motifs is 1. The van der Waals surface area contributed by atoms with Crippen LogP contribution in [0.4, 0.5) is 0 Å². The van der Waals surface area contributed by atoms with Gasteiger partial charge in [-0.15, -0.1) is 22.7 Å². The van der Waals surface area contributed by atoms with Crippen molar-refractivity contribution in [1.29, 1.82) is 0 Å². The first-order chi connectivity index (χ1) is 12.6. The summed E-state index contributed by atoms with van der Waals surface area (Å²) in [6, 6.07) is 11.5. The fraction of sp³-hybridized carbons (Fsp3) is 0.167. The van der Waals surface area contributed by atoms with Gasteiger partial charge in [-0.3, -0.25) is 4.79 Å². The van der Waals surface area contributed by atoms with Gasteiger partial charge in [0.1, 0.15) is 0 Å². The molecule has 132 valence electrons. The SMILES string of the molecule is CCOC(=O)Cc1nc(-c2nc3ccccc3s2)oc1-c1ccc(Cl)s1. The van der Waals surface area contributed by atoms with Crippen LogP contribution in [-0.4, -0.2) is 22.5 Å². The van der Waals surface area contributed by atoms with Gasteiger partial charge in [-0.05, 0) is 31.2 Å². The highest BCUT2D eigenvalue weighted by atomic mass is 35.5. The van der Waals surface area contributed by atoms with E-state index in [-0.39, 0.29) is 12.4 Å². The number of para-hydroxylation sites is 1. The van der Waals surface area contributed by atoms with Crippen molar-refractivity contribution in [3.8, 4) is 21.5 Å². The van der Waals surface area contributed by atoms with Gasteiger partial charge in [-0.1, -0.05) is 23.7 Å². The second-order valence-electron chi connectivity index (χ2n) is 5.37. The summed E-state index contributed by atoms with van der Waals surface area (Å²) in [4.78, 5) is 21.9. The molecule has 0 radical (unpaired) electrons. The van der Waals surface area contributed by atoms with Crippen LogP contribution in [0.25, 0.3) is 31.8 Å². The Balaban J connectivity index is 1.78. The van der Waals surface area contributed by atoms with E-state index in [1.165, 1.54) is 22.7 Å². The number of rotatable bonds is 5. The average molecular weight is 405 g/mol. The summed E-state index contributed by atoms with van der Waals surface area (Å²) in [6.45, 7) is 2.09. The Labute approximate surface area is 162 Å². The molecule has 0 atom stereocenters. The van der Waals surface area contributed by atoms with Crippen LogP contribution in [0.5, 0.6) is 0 Å². The van der Waals surface area contributed by atoms with E-state index >= 15 is 0 Å². The molecule has 1 aromatic carbocycles. The highest BCUT2D eigenvalue weighted by Crippen LogP contribution is 2.38. The fourth-order valence-corrected chi connectivity index (χ4v) is 4.44. The monoisotopic (exact) mass is 404 g/mol. The highest BCUT2D eigenvalue weighted by molar-refractivity contribution is 7.21. The number of thiophene rings is 1. The Hall–Kier alpha value is -2.22. The smallest absolute Gasteiger partial charge is 0.312 e. The van der Waals surface area contributed by atoms with Crippen molar-refractivity contribution in [3.63, 3.8) is 0 Å². The number of carbonyl (C=O) groups excluding carboxylic acids is 1. The lowest BCUT2D eigenvalue weighted by molar-refractivity contribution is -0.142. The zero-order chi connectivity index (χ0) is 18.1. The quantitative estimate of drug-likeness (QED) is 0.414. The molecule has 5 nitrogen and oxygen atoms in total. The molecule has 0 saturated carbocycles. The molecule has 3 aromatic heterocycles. The molecule has 0 unspecified atom stereocenters. The second-order valence-corrected chi connectivity index (χ2v) is 8.11. The third-order valence-corrected chi connectivity index (χ3v) is 5.84. The van der Waals surface area contributed by atoms with Gasteiger partial charge in [-0.25, -0.2) is 9.97 Å². The molecule has 4 rings (SSSR count). The Kier molecular flexibility index (Phi) is 4.76. The van der Waals surface area contributed by atoms with Gasteiger partial charge in [0.25, 0.3) is 5.89 Å². The Morgan fingerprint density at radius 1 is 1.19 bits per heavy atom. The van der Waals surface area contributed by atoms with Crippen molar-refractivity contribution in [2.24, 2.45) is 0 Å². The van der Waals surface area contributed by atoms with E-state index in [0.29, 0.717) is 33.3 Å². The van der Waals surface area contributed by atoms with Crippen LogP contribution in [0.2, 0.25) is 4.34 Å². The van der Waals surface area contributed by atoms with Crippen LogP contribution >= 0.6 is 34.3 Å². The number of esters is 1. The van der Waals surface area contributed by atoms with Crippen molar-refractivity contribution in [2.75, 3.05) is 6.61 Å². The van der Waals surface area contributed by atoms with Gasteiger partial charge < -0.3 is 9.15 Å². The van der Waals surface area contributed by atoms with E-state index in [1.807, 2.05) is 30.3 Å². The lowest BCUT2D eigenvalue weighted by Crippen LogP contribution is -2.08. The van der Waals surface area contributed by atoms with E-state index in [0.717, 1.165) is 15.1 Å². The van der Waals surface area contributed by atoms with Crippen LogP contribution in [0, 0.1) is 0 Å². The maximum Gasteiger partial charge on any atom is 0.312 e. The zero-order valence-corrected chi connectivity index (χ0v) is 16.1. The van der Waals surface area contributed by atoms with Gasteiger partial charge in [-0.2, -0.15) is 0 Å². The lowest BCUT2D eigenvalue weighted by atomic mass is 10.2. The number of carbonyl (C=O) groups is 1. The van der Waals surface area contributed by atoms with Crippen molar-refractivity contribution in [2.45, 2.75) is 13.3 Å². The second kappa shape index (κ2) is 7.19. The molecule has 0 aliphatic heterocycles. The summed E-state index contributed by atoms with van der Waals surface area (Å²) >= 11 is 8.92. The number of benzene rings is 1. The first-order valence-corrected chi connectivity index (χ1v) is 9.92. The van der Waals surface area contributed by atoms with Crippen LogP contribution < -0.4 is 0 Å². The molecule has 26 heavy (non-hydrogen) atoms. The Bertz CT molecular complexity index is 1050. The van der Waals surface area contributed by atoms with Crippen molar-refractivity contribution in [3.05, 3.63) is 46.4 Å². The maximum absolute atomic E-state index is 11.9. The molecular weight excluding hydrogens is 392 g/mol. The summed E-state index contributed by atoms with van der Waals surface area (Å²) in [7, 11) is 0. The van der Waals surface area contributed by atoms with Gasteiger partial charge in [0.2, 0.25) is 0 Å². The number of ether oxygens (including phenoxy) is 1. The van der Waals surface area contributed by atoms with Crippen molar-refractivity contribution < 1.29 is 13.9 Å². The molecule has 0 saturated heterocycles. The van der Waals surface area contributed by atoms with Crippen LogP contribution in [0.1, 0.15) is 12.6 Å². The van der Waals surface area contributed by atoms with Gasteiger partial charge >= 0.3 is 5.97 Å². The maximum atomic E-state index is 11.9. The first-order valence-electron chi connectivity index (χ1n) is 7.91. The topological polar surface area (TPSA) is 65.2 Å². The number of halogens is 1. The van der Waals surface area contributed by atoms with E-state index in [2.05, 4.69) is 9.97 Å². The Morgan fingerprint density at radius 3 is 2.77 bits per heavy atom. The first kappa shape index (κ1) is 17.2. The predicted octanol–water partition coefficient (Wildman–Crippen LogP) is 5.44. The summed E-state index contributed by atoms with van der Waals surface area (Å²) < 4.78 is 12.7. The number of nitrogens with zero attached hydrogens (tertiary/aromatic N) is 2. The van der Waals surface area contributed by atoms with E-state index in [9.17, 15) is 4.79 Å². The number of aromatic nitrogens is 2. The minimum absolute atomic E-state index is 0.0348. The number of hydrogen-bond acceptors (Lipinski definition) is 7.